The zero-order valence-electron chi connectivity index (χ0n) is 21.5. The van der Waals surface area contributed by atoms with Crippen LogP contribution in [0.15, 0.2) is 40.5 Å². The van der Waals surface area contributed by atoms with Crippen LogP contribution in [0, 0.1) is 11.6 Å². The molecule has 2 aliphatic heterocycles. The van der Waals surface area contributed by atoms with E-state index < -0.39 is 45.2 Å². The molecule has 0 unspecified atom stereocenters. The Kier molecular flexibility index (Phi) is 7.37. The Morgan fingerprint density at radius 2 is 1.82 bits per heavy atom. The Bertz CT molecular complexity index is 1600. The maximum absolute atomic E-state index is 15.1. The van der Waals surface area contributed by atoms with Gasteiger partial charge in [-0.05, 0) is 44.2 Å². The SMILES string of the molecule is C=CC(=O)N1[C@H](C)CN(c2nc(=O)n3c4c(c(-c5cc(Cl)c(F)cc5F)c(C(F)(F)F)cc24)SCCC3)C[C@@H]1C. The van der Waals surface area contributed by atoms with Crippen molar-refractivity contribution in [1.29, 1.82) is 0 Å². The van der Waals surface area contributed by atoms with Gasteiger partial charge in [0.2, 0.25) is 5.91 Å². The minimum Gasteiger partial charge on any atom is -0.352 e. The number of carbonyl (C=O) groups is 1. The molecular weight excluding hydrogens is 575 g/mol. The molecule has 0 saturated carbocycles. The van der Waals surface area contributed by atoms with E-state index in [0.29, 0.717) is 18.2 Å². The number of nitrogens with zero attached hydrogens (tertiary/aromatic N) is 4. The lowest BCUT2D eigenvalue weighted by Crippen LogP contribution is -2.58. The zero-order chi connectivity index (χ0) is 29.1. The molecule has 13 heteroatoms. The molecule has 3 aromatic rings. The predicted octanol–water partition coefficient (Wildman–Crippen LogP) is 6.12. The lowest BCUT2D eigenvalue weighted by atomic mass is 9.95. The van der Waals surface area contributed by atoms with Gasteiger partial charge in [-0.25, -0.2) is 13.6 Å². The fourth-order valence-corrected chi connectivity index (χ4v) is 6.98. The molecule has 0 bridgehead atoms. The summed E-state index contributed by atoms with van der Waals surface area (Å²) in [6.07, 6.45) is -3.28. The van der Waals surface area contributed by atoms with E-state index in [1.165, 1.54) is 10.6 Å². The second-order valence-electron chi connectivity index (χ2n) is 9.89. The Morgan fingerprint density at radius 1 is 1.15 bits per heavy atom. The van der Waals surface area contributed by atoms with Crippen LogP contribution in [0.2, 0.25) is 5.02 Å². The molecule has 6 nitrogen and oxygen atoms in total. The summed E-state index contributed by atoms with van der Waals surface area (Å²) >= 11 is 6.95. The van der Waals surface area contributed by atoms with E-state index in [0.717, 1.165) is 23.9 Å². The largest absolute Gasteiger partial charge is 0.417 e. The van der Waals surface area contributed by atoms with E-state index in [2.05, 4.69) is 11.6 Å². The summed E-state index contributed by atoms with van der Waals surface area (Å²) in [4.78, 5) is 33.3. The summed E-state index contributed by atoms with van der Waals surface area (Å²) in [5, 5.41) is -0.449. The number of hydrogen-bond acceptors (Lipinski definition) is 5. The summed E-state index contributed by atoms with van der Waals surface area (Å²) in [5.41, 5.74) is -2.62. The Hall–Kier alpha value is -3.12. The molecule has 0 radical (unpaired) electrons. The van der Waals surface area contributed by atoms with Gasteiger partial charge in [-0.15, -0.1) is 11.8 Å². The fraction of sp³-hybridized carbons (Fsp3) is 0.370. The summed E-state index contributed by atoms with van der Waals surface area (Å²) in [7, 11) is 0. The zero-order valence-corrected chi connectivity index (χ0v) is 23.1. The van der Waals surface area contributed by atoms with E-state index in [1.54, 1.807) is 23.6 Å². The van der Waals surface area contributed by atoms with Crippen molar-refractivity contribution in [2.75, 3.05) is 23.7 Å². The highest BCUT2D eigenvalue weighted by Crippen LogP contribution is 2.49. The lowest BCUT2D eigenvalue weighted by Gasteiger charge is -2.44. The minimum absolute atomic E-state index is 0.0474. The van der Waals surface area contributed by atoms with Crippen molar-refractivity contribution in [3.05, 3.63) is 63.6 Å². The number of piperazine rings is 1. The van der Waals surface area contributed by atoms with Gasteiger partial charge in [0, 0.05) is 59.2 Å². The molecule has 40 heavy (non-hydrogen) atoms. The monoisotopic (exact) mass is 598 g/mol. The highest BCUT2D eigenvalue weighted by atomic mass is 35.5. The molecule has 1 saturated heterocycles. The van der Waals surface area contributed by atoms with Gasteiger partial charge in [-0.1, -0.05) is 18.2 Å². The van der Waals surface area contributed by atoms with Gasteiger partial charge >= 0.3 is 11.9 Å². The van der Waals surface area contributed by atoms with Crippen molar-refractivity contribution >= 4 is 46.0 Å². The first-order valence-electron chi connectivity index (χ1n) is 12.5. The van der Waals surface area contributed by atoms with E-state index in [9.17, 15) is 27.2 Å². The number of aromatic nitrogens is 2. The van der Waals surface area contributed by atoms with Gasteiger partial charge in [-0.2, -0.15) is 18.2 Å². The van der Waals surface area contributed by atoms with Gasteiger partial charge < -0.3 is 9.80 Å². The maximum atomic E-state index is 15.1. The first-order valence-corrected chi connectivity index (χ1v) is 13.9. The molecule has 5 rings (SSSR count). The fourth-order valence-electron chi connectivity index (χ4n) is 5.62. The minimum atomic E-state index is -4.94. The first-order chi connectivity index (χ1) is 18.8. The van der Waals surface area contributed by atoms with E-state index in [-0.39, 0.29) is 59.2 Å². The molecule has 0 aliphatic carbocycles. The summed E-state index contributed by atoms with van der Waals surface area (Å²) in [6.45, 7) is 7.75. The van der Waals surface area contributed by atoms with Crippen molar-refractivity contribution < 1.29 is 26.7 Å². The van der Waals surface area contributed by atoms with Crippen LogP contribution in [0.25, 0.3) is 22.0 Å². The van der Waals surface area contributed by atoms with Crippen LogP contribution >= 0.6 is 23.4 Å². The normalized spacial score (nSPS) is 19.6. The number of rotatable bonds is 3. The van der Waals surface area contributed by atoms with Gasteiger partial charge in [-0.3, -0.25) is 9.36 Å². The number of aryl methyl sites for hydroxylation is 1. The summed E-state index contributed by atoms with van der Waals surface area (Å²) < 4.78 is 74.4. The van der Waals surface area contributed by atoms with Gasteiger partial charge in [0.05, 0.1) is 16.1 Å². The molecule has 1 aromatic heterocycles. The summed E-state index contributed by atoms with van der Waals surface area (Å²) in [5.74, 6) is -2.18. The van der Waals surface area contributed by atoms with Crippen molar-refractivity contribution in [3.63, 3.8) is 0 Å². The second kappa shape index (κ2) is 10.4. The van der Waals surface area contributed by atoms with Crippen LogP contribution in [-0.4, -0.2) is 51.3 Å². The topological polar surface area (TPSA) is 58.4 Å². The molecule has 0 N–H and O–H groups in total. The molecule has 1 fully saturated rings. The number of hydrogen-bond donors (Lipinski definition) is 0. The van der Waals surface area contributed by atoms with Crippen molar-refractivity contribution in [2.45, 2.75) is 50.0 Å². The van der Waals surface area contributed by atoms with E-state index in [1.807, 2.05) is 0 Å². The number of halogens is 6. The third-order valence-electron chi connectivity index (χ3n) is 7.20. The average molecular weight is 599 g/mol. The van der Waals surface area contributed by atoms with E-state index in [4.69, 9.17) is 11.6 Å². The number of amides is 1. The van der Waals surface area contributed by atoms with Crippen molar-refractivity contribution in [3.8, 4) is 11.1 Å². The van der Waals surface area contributed by atoms with Gasteiger partial charge in [0.15, 0.2) is 0 Å². The Labute approximate surface area is 235 Å². The third kappa shape index (κ3) is 4.74. The van der Waals surface area contributed by atoms with Crippen LogP contribution in [0.1, 0.15) is 25.8 Å². The molecule has 2 aliphatic rings. The number of anilines is 1. The predicted molar refractivity (Wildman–Crippen MR) is 145 cm³/mol. The molecule has 2 atom stereocenters. The van der Waals surface area contributed by atoms with Crippen LogP contribution in [0.4, 0.5) is 27.8 Å². The van der Waals surface area contributed by atoms with Gasteiger partial charge in [0.1, 0.15) is 17.5 Å². The Morgan fingerprint density at radius 3 is 2.45 bits per heavy atom. The molecular formula is C27H24ClF5N4O2S. The third-order valence-corrected chi connectivity index (χ3v) is 8.67. The number of thioether (sulfide) groups is 1. The average Bonchev–Trinajstić information content (AvgIpc) is 3.11. The molecule has 3 heterocycles. The number of carbonyl (C=O) groups excluding carboxylic acids is 1. The molecule has 212 valence electrons. The Balaban J connectivity index is 1.83. The summed E-state index contributed by atoms with van der Waals surface area (Å²) in [6, 6.07) is 1.47. The quantitative estimate of drug-likeness (QED) is 0.207. The highest BCUT2D eigenvalue weighted by Gasteiger charge is 2.40. The van der Waals surface area contributed by atoms with Gasteiger partial charge in [0.25, 0.3) is 0 Å². The number of benzene rings is 2. The van der Waals surface area contributed by atoms with Crippen molar-refractivity contribution in [2.24, 2.45) is 0 Å². The molecule has 1 amide bonds. The van der Waals surface area contributed by atoms with Crippen LogP contribution in [0.3, 0.4) is 0 Å². The van der Waals surface area contributed by atoms with Crippen LogP contribution in [-0.2, 0) is 17.5 Å². The lowest BCUT2D eigenvalue weighted by molar-refractivity contribution is -0.137. The molecule has 2 aromatic carbocycles. The van der Waals surface area contributed by atoms with Crippen LogP contribution < -0.4 is 10.6 Å². The first kappa shape index (κ1) is 28.4. The van der Waals surface area contributed by atoms with Crippen LogP contribution in [0.5, 0.6) is 0 Å². The smallest absolute Gasteiger partial charge is 0.352 e. The van der Waals surface area contributed by atoms with Crippen molar-refractivity contribution in [1.82, 2.24) is 14.5 Å². The van der Waals surface area contributed by atoms with E-state index >= 15 is 4.39 Å². The standard InChI is InChI=1S/C27H24ClF5N4O2S/c1-4-21(38)37-13(2)11-35(12-14(37)3)25-16-8-17(27(31,32)33)22(15-9-18(28)20(30)10-19(15)29)24-23(16)36(26(39)34-25)6-5-7-40-24/h4,8-10,13-14H,1,5-7,11-12H2,2-3H3/t13-,14+. The second-order valence-corrected chi connectivity index (χ2v) is 11.4. The highest BCUT2D eigenvalue weighted by molar-refractivity contribution is 7.99. The molecule has 0 spiro atoms. The number of alkyl halides is 3. The maximum Gasteiger partial charge on any atom is 0.417 e.